The fourth-order valence-corrected chi connectivity index (χ4v) is 0.647. The molecular weight excluding hydrogens is 102 g/mol. The summed E-state index contributed by atoms with van der Waals surface area (Å²) < 4.78 is 0. The molecule has 2 nitrogen and oxygen atoms in total. The van der Waals surface area contributed by atoms with Gasteiger partial charge in [-0.3, -0.25) is 4.79 Å². The zero-order valence-electron chi connectivity index (χ0n) is 4.71. The summed E-state index contributed by atoms with van der Waals surface area (Å²) in [5, 5.41) is 0. The minimum atomic E-state index is 0.804. The maximum Gasteiger partial charge on any atom is 0.144 e. The number of carbonyl (C=O) groups excluding carboxylic acids is 1. The molecule has 0 unspecified atom stereocenters. The first kappa shape index (κ1) is 5.35. The minimum absolute atomic E-state index is 0.804. The second-order valence-corrected chi connectivity index (χ2v) is 1.87. The normalized spacial score (nSPS) is 18.8. The predicted molar refractivity (Wildman–Crippen MR) is 31.4 cm³/mol. The van der Waals surface area contributed by atoms with Crippen molar-refractivity contribution in [3.05, 3.63) is 12.3 Å². The van der Waals surface area contributed by atoms with Gasteiger partial charge in [-0.1, -0.05) is 0 Å². The first-order valence-corrected chi connectivity index (χ1v) is 2.79. The lowest BCUT2D eigenvalue weighted by atomic mass is 10.2. The predicted octanol–water partition coefficient (Wildman–Crippen LogP) is 0.405. The topological polar surface area (TPSA) is 20.3 Å². The van der Waals surface area contributed by atoms with E-state index in [1.807, 2.05) is 6.20 Å². The van der Waals surface area contributed by atoms with Gasteiger partial charge in [-0.05, 0) is 12.5 Å². The van der Waals surface area contributed by atoms with Gasteiger partial charge in [0.15, 0.2) is 0 Å². The Morgan fingerprint density at radius 2 is 2.12 bits per heavy atom. The van der Waals surface area contributed by atoms with Crippen LogP contribution in [0, 0.1) is 0 Å². The van der Waals surface area contributed by atoms with Crippen molar-refractivity contribution in [2.45, 2.75) is 6.42 Å². The summed E-state index contributed by atoms with van der Waals surface area (Å²) in [4.78, 5) is 11.8. The minimum Gasteiger partial charge on any atom is -0.377 e. The SMILES string of the molecule is O=CC=CN1CCC1. The monoisotopic (exact) mass is 111 g/mol. The van der Waals surface area contributed by atoms with E-state index in [2.05, 4.69) is 4.90 Å². The van der Waals surface area contributed by atoms with Crippen molar-refractivity contribution < 1.29 is 4.79 Å². The number of nitrogens with zero attached hydrogens (tertiary/aromatic N) is 1. The number of aldehydes is 1. The van der Waals surface area contributed by atoms with E-state index >= 15 is 0 Å². The van der Waals surface area contributed by atoms with Crippen LogP contribution in [0.1, 0.15) is 6.42 Å². The molecule has 0 amide bonds. The molecule has 0 aromatic heterocycles. The van der Waals surface area contributed by atoms with Gasteiger partial charge < -0.3 is 4.90 Å². The molecule has 44 valence electrons. The largest absolute Gasteiger partial charge is 0.377 e. The van der Waals surface area contributed by atoms with Crippen molar-refractivity contribution in [3.63, 3.8) is 0 Å². The van der Waals surface area contributed by atoms with E-state index in [9.17, 15) is 4.79 Å². The van der Waals surface area contributed by atoms with Crippen LogP contribution in [0.15, 0.2) is 12.3 Å². The number of hydrogen-bond acceptors (Lipinski definition) is 2. The molecule has 0 radical (unpaired) electrons. The lowest BCUT2D eigenvalue weighted by Gasteiger charge is -2.28. The fourth-order valence-electron chi connectivity index (χ4n) is 0.647. The molecule has 2 heteroatoms. The third-order valence-corrected chi connectivity index (χ3v) is 1.27. The molecule has 1 heterocycles. The van der Waals surface area contributed by atoms with Gasteiger partial charge in [0.1, 0.15) is 6.29 Å². The number of rotatable bonds is 2. The number of likely N-dealkylation sites (tertiary alicyclic amines) is 1. The molecule has 0 N–H and O–H groups in total. The molecule has 0 aromatic rings. The third kappa shape index (κ3) is 1.09. The zero-order chi connectivity index (χ0) is 5.82. The van der Waals surface area contributed by atoms with Gasteiger partial charge in [0.25, 0.3) is 0 Å². The summed E-state index contributed by atoms with van der Waals surface area (Å²) in [6.45, 7) is 2.23. The van der Waals surface area contributed by atoms with E-state index < -0.39 is 0 Å². The van der Waals surface area contributed by atoms with E-state index in [0.717, 1.165) is 19.4 Å². The Morgan fingerprint density at radius 3 is 2.50 bits per heavy atom. The maximum atomic E-state index is 9.74. The Labute approximate surface area is 48.8 Å². The van der Waals surface area contributed by atoms with Crippen molar-refractivity contribution in [1.29, 1.82) is 0 Å². The Balaban J connectivity index is 2.16. The van der Waals surface area contributed by atoms with Crippen LogP contribution >= 0.6 is 0 Å². The van der Waals surface area contributed by atoms with Gasteiger partial charge in [0.05, 0.1) is 0 Å². The van der Waals surface area contributed by atoms with Crippen LogP contribution < -0.4 is 0 Å². The van der Waals surface area contributed by atoms with Gasteiger partial charge in [0, 0.05) is 19.3 Å². The fraction of sp³-hybridized carbons (Fsp3) is 0.500. The highest BCUT2D eigenvalue weighted by Gasteiger charge is 2.06. The Kier molecular flexibility index (Phi) is 1.67. The number of carbonyl (C=O) groups is 1. The molecule has 0 spiro atoms. The molecule has 0 bridgehead atoms. The van der Waals surface area contributed by atoms with E-state index in [1.54, 1.807) is 0 Å². The highest BCUT2D eigenvalue weighted by Crippen LogP contribution is 2.04. The van der Waals surface area contributed by atoms with Crippen molar-refractivity contribution >= 4 is 6.29 Å². The summed E-state index contributed by atoms with van der Waals surface area (Å²) in [5.41, 5.74) is 0. The molecule has 0 saturated carbocycles. The van der Waals surface area contributed by atoms with Crippen LogP contribution in [-0.4, -0.2) is 24.3 Å². The highest BCUT2D eigenvalue weighted by molar-refractivity contribution is 5.64. The Hall–Kier alpha value is -0.790. The van der Waals surface area contributed by atoms with Gasteiger partial charge in [-0.15, -0.1) is 0 Å². The second-order valence-electron chi connectivity index (χ2n) is 1.87. The van der Waals surface area contributed by atoms with Gasteiger partial charge >= 0.3 is 0 Å². The van der Waals surface area contributed by atoms with Crippen LogP contribution in [0.5, 0.6) is 0 Å². The van der Waals surface area contributed by atoms with E-state index in [-0.39, 0.29) is 0 Å². The zero-order valence-corrected chi connectivity index (χ0v) is 4.71. The van der Waals surface area contributed by atoms with Crippen molar-refractivity contribution in [2.75, 3.05) is 13.1 Å². The molecule has 1 saturated heterocycles. The Bertz CT molecular complexity index is 105. The van der Waals surface area contributed by atoms with Crippen LogP contribution in [0.4, 0.5) is 0 Å². The van der Waals surface area contributed by atoms with Gasteiger partial charge in [-0.2, -0.15) is 0 Å². The van der Waals surface area contributed by atoms with Gasteiger partial charge in [-0.25, -0.2) is 0 Å². The van der Waals surface area contributed by atoms with Crippen molar-refractivity contribution in [3.8, 4) is 0 Å². The molecule has 1 aliphatic heterocycles. The summed E-state index contributed by atoms with van der Waals surface area (Å²) in [6.07, 6.45) is 5.43. The van der Waals surface area contributed by atoms with Crippen LogP contribution in [0.3, 0.4) is 0 Å². The molecule has 1 rings (SSSR count). The summed E-state index contributed by atoms with van der Waals surface area (Å²) in [7, 11) is 0. The lowest BCUT2D eigenvalue weighted by Crippen LogP contribution is -2.31. The standard InChI is InChI=1S/C6H9NO/c8-6-2-5-7-3-1-4-7/h2,5-6H,1,3-4H2. The lowest BCUT2D eigenvalue weighted by molar-refractivity contribution is -0.104. The van der Waals surface area contributed by atoms with Crippen LogP contribution in [-0.2, 0) is 4.79 Å². The summed E-state index contributed by atoms with van der Waals surface area (Å²) >= 11 is 0. The average Bonchev–Trinajstić information content (AvgIpc) is 1.63. The molecule has 1 aliphatic rings. The van der Waals surface area contributed by atoms with Crippen LogP contribution in [0.25, 0.3) is 0 Å². The number of hydrogen-bond donors (Lipinski definition) is 0. The van der Waals surface area contributed by atoms with Crippen LogP contribution in [0.2, 0.25) is 0 Å². The van der Waals surface area contributed by atoms with Crippen molar-refractivity contribution in [1.82, 2.24) is 4.90 Å². The first-order valence-electron chi connectivity index (χ1n) is 2.79. The molecule has 0 atom stereocenters. The van der Waals surface area contributed by atoms with Gasteiger partial charge in [0.2, 0.25) is 0 Å². The average molecular weight is 111 g/mol. The maximum absolute atomic E-state index is 9.74. The molecule has 0 aliphatic carbocycles. The second kappa shape index (κ2) is 2.50. The van der Waals surface area contributed by atoms with E-state index in [0.29, 0.717) is 0 Å². The number of allylic oxidation sites excluding steroid dienone is 1. The highest BCUT2D eigenvalue weighted by atomic mass is 16.1. The van der Waals surface area contributed by atoms with Crippen molar-refractivity contribution in [2.24, 2.45) is 0 Å². The third-order valence-electron chi connectivity index (χ3n) is 1.27. The molecule has 0 aromatic carbocycles. The molecule has 1 fully saturated rings. The first-order chi connectivity index (χ1) is 3.93. The van der Waals surface area contributed by atoms with E-state index in [4.69, 9.17) is 0 Å². The van der Waals surface area contributed by atoms with E-state index in [1.165, 1.54) is 12.5 Å². The summed E-state index contributed by atoms with van der Waals surface area (Å²) in [5.74, 6) is 0. The Morgan fingerprint density at radius 1 is 1.38 bits per heavy atom. The smallest absolute Gasteiger partial charge is 0.144 e. The molecule has 8 heavy (non-hydrogen) atoms. The molecular formula is C6H9NO. The summed E-state index contributed by atoms with van der Waals surface area (Å²) in [6, 6.07) is 0. The quantitative estimate of drug-likeness (QED) is 0.380.